The molecule has 0 spiro atoms. The lowest BCUT2D eigenvalue weighted by Gasteiger charge is -2.00. The van der Waals surface area contributed by atoms with E-state index in [0.29, 0.717) is 6.54 Å². The maximum atomic E-state index is 5.68. The van der Waals surface area contributed by atoms with E-state index in [1.54, 1.807) is 6.20 Å². The van der Waals surface area contributed by atoms with Crippen LogP contribution in [-0.2, 0) is 6.54 Å². The van der Waals surface area contributed by atoms with Crippen molar-refractivity contribution in [1.82, 2.24) is 14.8 Å². The van der Waals surface area contributed by atoms with Crippen LogP contribution in [-0.4, -0.2) is 14.8 Å². The minimum atomic E-state index is 0.676. The van der Waals surface area contributed by atoms with Crippen LogP contribution in [0.4, 0.5) is 5.69 Å². The van der Waals surface area contributed by atoms with Gasteiger partial charge in [0.05, 0.1) is 18.4 Å². The maximum Gasteiger partial charge on any atom is 0.0831 e. The second-order valence-corrected chi connectivity index (χ2v) is 4.37. The summed E-state index contributed by atoms with van der Waals surface area (Å²) in [6.07, 6.45) is 5.66. The number of nitrogens with zero attached hydrogens (tertiary/aromatic N) is 3. The van der Waals surface area contributed by atoms with E-state index in [2.05, 4.69) is 10.1 Å². The number of benzene rings is 1. The van der Waals surface area contributed by atoms with Crippen molar-refractivity contribution in [2.24, 2.45) is 0 Å². The van der Waals surface area contributed by atoms with E-state index in [9.17, 15) is 0 Å². The first kappa shape index (κ1) is 11.5. The van der Waals surface area contributed by atoms with Crippen LogP contribution >= 0.6 is 0 Å². The van der Waals surface area contributed by atoms with Crippen molar-refractivity contribution in [3.05, 3.63) is 66.7 Å². The van der Waals surface area contributed by atoms with Crippen LogP contribution in [0.15, 0.2) is 61.1 Å². The van der Waals surface area contributed by atoms with E-state index in [4.69, 9.17) is 5.73 Å². The Hall–Kier alpha value is -2.62. The first-order valence-corrected chi connectivity index (χ1v) is 6.09. The predicted octanol–water partition coefficient (Wildman–Crippen LogP) is 2.58. The molecule has 0 aliphatic rings. The molecule has 2 heterocycles. The van der Waals surface area contributed by atoms with Crippen LogP contribution in [0.3, 0.4) is 0 Å². The Bertz CT molecular complexity index is 656. The van der Waals surface area contributed by atoms with Gasteiger partial charge in [0.15, 0.2) is 0 Å². The lowest BCUT2D eigenvalue weighted by atomic mass is 10.1. The summed E-state index contributed by atoms with van der Waals surface area (Å²) in [4.78, 5) is 4.29. The summed E-state index contributed by atoms with van der Waals surface area (Å²) >= 11 is 0. The zero-order valence-electron chi connectivity index (χ0n) is 10.4. The summed E-state index contributed by atoms with van der Waals surface area (Å²) in [5.41, 5.74) is 9.64. The van der Waals surface area contributed by atoms with Crippen molar-refractivity contribution in [2.45, 2.75) is 6.54 Å². The molecule has 2 N–H and O–H groups in total. The molecule has 0 radical (unpaired) electrons. The Morgan fingerprint density at radius 2 is 1.84 bits per heavy atom. The van der Waals surface area contributed by atoms with E-state index < -0.39 is 0 Å². The van der Waals surface area contributed by atoms with Crippen LogP contribution in [0.1, 0.15) is 5.69 Å². The third-order valence-electron chi connectivity index (χ3n) is 2.93. The first-order chi connectivity index (χ1) is 9.31. The maximum absolute atomic E-state index is 5.68. The number of aromatic nitrogens is 3. The van der Waals surface area contributed by atoms with E-state index in [-0.39, 0.29) is 0 Å². The summed E-state index contributed by atoms with van der Waals surface area (Å²) in [5.74, 6) is 0. The second kappa shape index (κ2) is 4.94. The van der Waals surface area contributed by atoms with E-state index in [1.165, 1.54) is 0 Å². The fourth-order valence-corrected chi connectivity index (χ4v) is 1.93. The van der Waals surface area contributed by atoms with Gasteiger partial charge in [0.25, 0.3) is 0 Å². The number of hydrogen-bond donors (Lipinski definition) is 1. The molecule has 3 rings (SSSR count). The molecule has 0 saturated heterocycles. The van der Waals surface area contributed by atoms with Gasteiger partial charge in [0.1, 0.15) is 0 Å². The first-order valence-electron chi connectivity index (χ1n) is 6.09. The number of rotatable bonds is 3. The number of pyridine rings is 1. The summed E-state index contributed by atoms with van der Waals surface area (Å²) in [6.45, 7) is 0.676. The zero-order valence-corrected chi connectivity index (χ0v) is 10.4. The average Bonchev–Trinajstić information content (AvgIpc) is 2.89. The van der Waals surface area contributed by atoms with Crippen LogP contribution in [0.5, 0.6) is 0 Å². The highest BCUT2D eigenvalue weighted by Crippen LogP contribution is 2.19. The standard InChI is InChI=1S/C15H14N4/c16-14-6-4-12(5-7-14)13-9-18-19(10-13)11-15-3-1-2-8-17-15/h1-10H,11,16H2. The van der Waals surface area contributed by atoms with Gasteiger partial charge in [-0.05, 0) is 29.8 Å². The summed E-state index contributed by atoms with van der Waals surface area (Å²) in [7, 11) is 0. The third kappa shape index (κ3) is 2.63. The Morgan fingerprint density at radius 1 is 1.00 bits per heavy atom. The minimum Gasteiger partial charge on any atom is -0.399 e. The van der Waals surface area contributed by atoms with Gasteiger partial charge in [0.2, 0.25) is 0 Å². The number of anilines is 1. The third-order valence-corrected chi connectivity index (χ3v) is 2.93. The fraction of sp³-hybridized carbons (Fsp3) is 0.0667. The largest absolute Gasteiger partial charge is 0.399 e. The molecule has 0 fully saturated rings. The highest BCUT2D eigenvalue weighted by Gasteiger charge is 2.02. The number of hydrogen-bond acceptors (Lipinski definition) is 3. The molecular formula is C15H14N4. The molecule has 0 aliphatic carbocycles. The SMILES string of the molecule is Nc1ccc(-c2cnn(Cc3ccccn3)c2)cc1. The van der Waals surface area contributed by atoms with Gasteiger partial charge < -0.3 is 5.73 Å². The van der Waals surface area contributed by atoms with Gasteiger partial charge in [-0.2, -0.15) is 5.10 Å². The molecule has 0 saturated carbocycles. The summed E-state index contributed by atoms with van der Waals surface area (Å²) < 4.78 is 1.88. The Balaban J connectivity index is 1.82. The molecule has 19 heavy (non-hydrogen) atoms. The highest BCUT2D eigenvalue weighted by molar-refractivity contribution is 5.63. The van der Waals surface area contributed by atoms with Crippen molar-refractivity contribution in [2.75, 3.05) is 5.73 Å². The van der Waals surface area contributed by atoms with E-state index in [1.807, 2.05) is 59.5 Å². The van der Waals surface area contributed by atoms with Gasteiger partial charge in [-0.3, -0.25) is 9.67 Å². The molecule has 4 heteroatoms. The van der Waals surface area contributed by atoms with Crippen molar-refractivity contribution in [3.63, 3.8) is 0 Å². The molecule has 0 aliphatic heterocycles. The van der Waals surface area contributed by atoms with Crippen molar-refractivity contribution < 1.29 is 0 Å². The molecule has 1 aromatic carbocycles. The van der Waals surface area contributed by atoms with E-state index in [0.717, 1.165) is 22.5 Å². The van der Waals surface area contributed by atoms with Gasteiger partial charge >= 0.3 is 0 Å². The summed E-state index contributed by atoms with van der Waals surface area (Å²) in [5, 5.41) is 4.36. The normalized spacial score (nSPS) is 10.5. The van der Waals surface area contributed by atoms with Crippen LogP contribution in [0.25, 0.3) is 11.1 Å². The Morgan fingerprint density at radius 3 is 2.58 bits per heavy atom. The lowest BCUT2D eigenvalue weighted by molar-refractivity contribution is 0.673. The Labute approximate surface area is 111 Å². The zero-order chi connectivity index (χ0) is 13.1. The quantitative estimate of drug-likeness (QED) is 0.727. The van der Waals surface area contributed by atoms with Crippen molar-refractivity contribution in [1.29, 1.82) is 0 Å². The molecule has 0 unspecified atom stereocenters. The van der Waals surface area contributed by atoms with Gasteiger partial charge in [-0.25, -0.2) is 0 Å². The van der Waals surface area contributed by atoms with Crippen LogP contribution < -0.4 is 5.73 Å². The fourth-order valence-electron chi connectivity index (χ4n) is 1.93. The van der Waals surface area contributed by atoms with Crippen LogP contribution in [0, 0.1) is 0 Å². The highest BCUT2D eigenvalue weighted by atomic mass is 15.3. The predicted molar refractivity (Wildman–Crippen MR) is 75.4 cm³/mol. The summed E-state index contributed by atoms with van der Waals surface area (Å²) in [6, 6.07) is 13.7. The average molecular weight is 250 g/mol. The monoisotopic (exact) mass is 250 g/mol. The molecule has 4 nitrogen and oxygen atoms in total. The lowest BCUT2D eigenvalue weighted by Crippen LogP contribution is -2.01. The molecular weight excluding hydrogens is 236 g/mol. The smallest absolute Gasteiger partial charge is 0.0831 e. The van der Waals surface area contributed by atoms with Crippen LogP contribution in [0.2, 0.25) is 0 Å². The van der Waals surface area contributed by atoms with E-state index >= 15 is 0 Å². The van der Waals surface area contributed by atoms with Gasteiger partial charge in [-0.15, -0.1) is 0 Å². The van der Waals surface area contributed by atoms with Crippen molar-refractivity contribution >= 4 is 5.69 Å². The second-order valence-electron chi connectivity index (χ2n) is 4.37. The molecule has 0 amide bonds. The molecule has 0 atom stereocenters. The molecule has 0 bridgehead atoms. The molecule has 2 aromatic heterocycles. The number of nitrogens with two attached hydrogens (primary N) is 1. The van der Waals surface area contributed by atoms with Gasteiger partial charge in [-0.1, -0.05) is 18.2 Å². The molecule has 94 valence electrons. The number of nitrogen functional groups attached to an aromatic ring is 1. The van der Waals surface area contributed by atoms with Gasteiger partial charge in [0, 0.05) is 23.6 Å². The topological polar surface area (TPSA) is 56.7 Å². The Kier molecular flexibility index (Phi) is 2.98. The minimum absolute atomic E-state index is 0.676. The van der Waals surface area contributed by atoms with Crippen molar-refractivity contribution in [3.8, 4) is 11.1 Å². The molecule has 3 aromatic rings.